The van der Waals surface area contributed by atoms with Gasteiger partial charge in [-0.1, -0.05) is 29.3 Å². The summed E-state index contributed by atoms with van der Waals surface area (Å²) in [7, 11) is 0. The molecule has 0 spiro atoms. The molecular formula is C17H19Cl2N3O2. The summed E-state index contributed by atoms with van der Waals surface area (Å²) in [6.07, 6.45) is 3.55. The average molecular weight is 368 g/mol. The summed E-state index contributed by atoms with van der Waals surface area (Å²) in [6, 6.07) is 10.6. The molecule has 1 amide bonds. The lowest BCUT2D eigenvalue weighted by molar-refractivity contribution is -0.123. The van der Waals surface area contributed by atoms with Gasteiger partial charge >= 0.3 is 0 Å². The van der Waals surface area contributed by atoms with E-state index in [1.165, 1.54) is 0 Å². The maximum Gasteiger partial charge on any atom is 0.257 e. The Kier molecular flexibility index (Phi) is 7.65. The Morgan fingerprint density at radius 1 is 1.08 bits per heavy atom. The summed E-state index contributed by atoms with van der Waals surface area (Å²) in [5.74, 6) is 1.20. The van der Waals surface area contributed by atoms with Gasteiger partial charge in [-0.05, 0) is 37.1 Å². The molecule has 0 aliphatic carbocycles. The number of benzene rings is 1. The molecule has 24 heavy (non-hydrogen) atoms. The van der Waals surface area contributed by atoms with Crippen molar-refractivity contribution in [1.82, 2.24) is 10.3 Å². The van der Waals surface area contributed by atoms with Crippen LogP contribution in [0.3, 0.4) is 0 Å². The number of rotatable bonds is 9. The predicted molar refractivity (Wildman–Crippen MR) is 96.9 cm³/mol. The standard InChI is InChI=1S/C17H19Cl2N3O2/c18-14-7-6-13(11-15(14)19)24-12-17(23)22-10-4-3-9-21-16-5-1-2-8-20-16/h1-2,5-8,11H,3-4,9-10,12H2,(H,20,21)(H,22,23). The summed E-state index contributed by atoms with van der Waals surface area (Å²) in [4.78, 5) is 15.9. The summed E-state index contributed by atoms with van der Waals surface area (Å²) in [5, 5.41) is 6.88. The second kappa shape index (κ2) is 10.0. The number of pyridine rings is 1. The minimum atomic E-state index is -0.168. The Labute approximate surface area is 151 Å². The quantitative estimate of drug-likeness (QED) is 0.662. The molecule has 1 heterocycles. The maximum absolute atomic E-state index is 11.7. The number of unbranched alkanes of at least 4 members (excludes halogenated alkanes) is 1. The summed E-state index contributed by atoms with van der Waals surface area (Å²) >= 11 is 11.7. The van der Waals surface area contributed by atoms with Crippen LogP contribution in [0.1, 0.15) is 12.8 Å². The Hall–Kier alpha value is -1.98. The number of nitrogens with one attached hydrogen (secondary N) is 2. The highest BCUT2D eigenvalue weighted by molar-refractivity contribution is 6.42. The van der Waals surface area contributed by atoms with Gasteiger partial charge in [0.05, 0.1) is 10.0 Å². The molecule has 2 aromatic rings. The molecule has 5 nitrogen and oxygen atoms in total. The van der Waals surface area contributed by atoms with Gasteiger partial charge in [0, 0.05) is 25.4 Å². The number of aromatic nitrogens is 1. The van der Waals surface area contributed by atoms with Gasteiger partial charge in [0.15, 0.2) is 6.61 Å². The zero-order valence-corrected chi connectivity index (χ0v) is 14.6. The van der Waals surface area contributed by atoms with Gasteiger partial charge in [-0.2, -0.15) is 0 Å². The van der Waals surface area contributed by atoms with Crippen LogP contribution in [0, 0.1) is 0 Å². The number of hydrogen-bond acceptors (Lipinski definition) is 4. The van der Waals surface area contributed by atoms with Crippen LogP contribution in [0.2, 0.25) is 10.0 Å². The van der Waals surface area contributed by atoms with E-state index in [-0.39, 0.29) is 12.5 Å². The second-order valence-electron chi connectivity index (χ2n) is 5.06. The fraction of sp³-hybridized carbons (Fsp3) is 0.294. The first-order valence-corrected chi connectivity index (χ1v) is 8.40. The van der Waals surface area contributed by atoms with Gasteiger partial charge in [-0.3, -0.25) is 4.79 Å². The highest BCUT2D eigenvalue weighted by Crippen LogP contribution is 2.26. The van der Waals surface area contributed by atoms with Gasteiger partial charge in [-0.25, -0.2) is 4.98 Å². The number of nitrogens with zero attached hydrogens (tertiary/aromatic N) is 1. The number of anilines is 1. The van der Waals surface area contributed by atoms with E-state index >= 15 is 0 Å². The van der Waals surface area contributed by atoms with Crippen molar-refractivity contribution in [2.75, 3.05) is 25.0 Å². The molecule has 1 aromatic heterocycles. The first kappa shape index (κ1) is 18.4. The first-order chi connectivity index (χ1) is 11.6. The number of carbonyl (C=O) groups excluding carboxylic acids is 1. The van der Waals surface area contributed by atoms with E-state index in [1.54, 1.807) is 24.4 Å². The Bertz CT molecular complexity index is 654. The van der Waals surface area contributed by atoms with Crippen molar-refractivity contribution in [3.8, 4) is 5.75 Å². The number of hydrogen-bond donors (Lipinski definition) is 2. The predicted octanol–water partition coefficient (Wildman–Crippen LogP) is 3.78. The molecule has 2 rings (SSSR count). The van der Waals surface area contributed by atoms with Crippen molar-refractivity contribution >= 4 is 34.9 Å². The lowest BCUT2D eigenvalue weighted by atomic mass is 10.3. The fourth-order valence-electron chi connectivity index (χ4n) is 1.93. The minimum absolute atomic E-state index is 0.0514. The van der Waals surface area contributed by atoms with Crippen LogP contribution < -0.4 is 15.4 Å². The summed E-state index contributed by atoms with van der Waals surface area (Å²) < 4.78 is 5.36. The van der Waals surface area contributed by atoms with E-state index < -0.39 is 0 Å². The van der Waals surface area contributed by atoms with Gasteiger partial charge in [-0.15, -0.1) is 0 Å². The van der Waals surface area contributed by atoms with Crippen LogP contribution >= 0.6 is 23.2 Å². The number of carbonyl (C=O) groups is 1. The highest BCUT2D eigenvalue weighted by Gasteiger charge is 2.04. The first-order valence-electron chi connectivity index (χ1n) is 7.64. The molecule has 0 aliphatic rings. The molecule has 0 saturated carbocycles. The Morgan fingerprint density at radius 2 is 1.92 bits per heavy atom. The van der Waals surface area contributed by atoms with Crippen molar-refractivity contribution in [2.24, 2.45) is 0 Å². The minimum Gasteiger partial charge on any atom is -0.484 e. The largest absolute Gasteiger partial charge is 0.484 e. The lowest BCUT2D eigenvalue weighted by Gasteiger charge is -2.08. The van der Waals surface area contributed by atoms with Gasteiger partial charge in [0.1, 0.15) is 11.6 Å². The number of ether oxygens (including phenoxy) is 1. The average Bonchev–Trinajstić information content (AvgIpc) is 2.60. The molecule has 7 heteroatoms. The third-order valence-corrected chi connectivity index (χ3v) is 3.90. The third-order valence-electron chi connectivity index (χ3n) is 3.16. The van der Waals surface area contributed by atoms with E-state index in [0.29, 0.717) is 22.3 Å². The molecule has 2 N–H and O–H groups in total. The topological polar surface area (TPSA) is 63.2 Å². The van der Waals surface area contributed by atoms with E-state index in [1.807, 2.05) is 18.2 Å². The molecule has 128 valence electrons. The monoisotopic (exact) mass is 367 g/mol. The molecular weight excluding hydrogens is 349 g/mol. The van der Waals surface area contributed by atoms with Crippen LogP contribution in [0.5, 0.6) is 5.75 Å². The highest BCUT2D eigenvalue weighted by atomic mass is 35.5. The van der Waals surface area contributed by atoms with Crippen molar-refractivity contribution < 1.29 is 9.53 Å². The molecule has 0 atom stereocenters. The molecule has 1 aromatic carbocycles. The van der Waals surface area contributed by atoms with E-state index in [2.05, 4.69) is 15.6 Å². The Balaban J connectivity index is 1.54. The van der Waals surface area contributed by atoms with Gasteiger partial charge < -0.3 is 15.4 Å². The smallest absolute Gasteiger partial charge is 0.257 e. The molecule has 0 fully saturated rings. The number of amides is 1. The van der Waals surface area contributed by atoms with Crippen LogP contribution in [0.25, 0.3) is 0 Å². The van der Waals surface area contributed by atoms with Crippen LogP contribution in [-0.2, 0) is 4.79 Å². The fourth-order valence-corrected chi connectivity index (χ4v) is 2.22. The van der Waals surface area contributed by atoms with E-state index in [0.717, 1.165) is 25.2 Å². The van der Waals surface area contributed by atoms with Crippen LogP contribution in [0.4, 0.5) is 5.82 Å². The summed E-state index contributed by atoms with van der Waals surface area (Å²) in [5.41, 5.74) is 0. The molecule has 0 saturated heterocycles. The van der Waals surface area contributed by atoms with Crippen molar-refractivity contribution in [3.63, 3.8) is 0 Å². The molecule has 0 aliphatic heterocycles. The van der Waals surface area contributed by atoms with E-state index in [9.17, 15) is 4.79 Å². The maximum atomic E-state index is 11.7. The Morgan fingerprint density at radius 3 is 2.67 bits per heavy atom. The van der Waals surface area contributed by atoms with E-state index in [4.69, 9.17) is 27.9 Å². The van der Waals surface area contributed by atoms with Crippen LogP contribution in [-0.4, -0.2) is 30.6 Å². The third kappa shape index (κ3) is 6.64. The number of halogens is 2. The van der Waals surface area contributed by atoms with Crippen molar-refractivity contribution in [1.29, 1.82) is 0 Å². The SMILES string of the molecule is O=C(COc1ccc(Cl)c(Cl)c1)NCCCCNc1ccccn1. The van der Waals surface area contributed by atoms with Gasteiger partial charge in [0.2, 0.25) is 0 Å². The molecule has 0 radical (unpaired) electrons. The zero-order chi connectivity index (χ0) is 17.2. The molecule has 0 bridgehead atoms. The molecule has 0 unspecified atom stereocenters. The van der Waals surface area contributed by atoms with Gasteiger partial charge in [0.25, 0.3) is 5.91 Å². The normalized spacial score (nSPS) is 10.2. The van der Waals surface area contributed by atoms with Crippen molar-refractivity contribution in [3.05, 3.63) is 52.6 Å². The van der Waals surface area contributed by atoms with Crippen LogP contribution in [0.15, 0.2) is 42.6 Å². The second-order valence-corrected chi connectivity index (χ2v) is 5.88. The summed E-state index contributed by atoms with van der Waals surface area (Å²) in [6.45, 7) is 1.37. The zero-order valence-electron chi connectivity index (χ0n) is 13.1. The van der Waals surface area contributed by atoms with Crippen molar-refractivity contribution in [2.45, 2.75) is 12.8 Å². The lowest BCUT2D eigenvalue weighted by Crippen LogP contribution is -2.29.